The average Bonchev–Trinajstić information content (AvgIpc) is 2.78. The van der Waals surface area contributed by atoms with Crippen molar-refractivity contribution in [3.8, 4) is 0 Å². The highest BCUT2D eigenvalue weighted by atomic mass is 16.4. The Hall–Kier alpha value is -1.39. The van der Waals surface area contributed by atoms with E-state index in [1.54, 1.807) is 0 Å². The van der Waals surface area contributed by atoms with Gasteiger partial charge < -0.3 is 10.1 Å². The fourth-order valence-corrected chi connectivity index (χ4v) is 3.01. The molecule has 0 radical (unpaired) electrons. The van der Waals surface area contributed by atoms with Gasteiger partial charge in [0.15, 0.2) is 0 Å². The molecular formula is C14H19N3O. The van der Waals surface area contributed by atoms with Crippen LogP contribution in [0.25, 0.3) is 0 Å². The van der Waals surface area contributed by atoms with Gasteiger partial charge in [-0.3, -0.25) is 4.90 Å². The molecular weight excluding hydrogens is 226 g/mol. The van der Waals surface area contributed by atoms with Crippen LogP contribution < -0.4 is 0 Å². The van der Waals surface area contributed by atoms with Crippen LogP contribution >= 0.6 is 0 Å². The van der Waals surface area contributed by atoms with Crippen molar-refractivity contribution in [2.24, 2.45) is 5.16 Å². The monoisotopic (exact) mass is 245 g/mol. The summed E-state index contributed by atoms with van der Waals surface area (Å²) in [7, 11) is 2.15. The number of hydrogen-bond donors (Lipinski definition) is 1. The second-order valence-corrected chi connectivity index (χ2v) is 5.21. The van der Waals surface area contributed by atoms with Gasteiger partial charge in [0.25, 0.3) is 0 Å². The van der Waals surface area contributed by atoms with E-state index in [1.807, 2.05) is 0 Å². The Morgan fingerprint density at radius 3 is 2.61 bits per heavy atom. The maximum atomic E-state index is 9.24. The Kier molecular flexibility index (Phi) is 3.06. The predicted octanol–water partition coefficient (Wildman–Crippen LogP) is 1.36. The number of likely N-dealkylation sites (N-methyl/N-ethyl adjacent to an activating group) is 1. The zero-order chi connectivity index (χ0) is 12.5. The molecule has 4 nitrogen and oxygen atoms in total. The van der Waals surface area contributed by atoms with Crippen molar-refractivity contribution in [1.29, 1.82) is 0 Å². The third-order valence-corrected chi connectivity index (χ3v) is 4.07. The van der Waals surface area contributed by atoms with Crippen molar-refractivity contribution >= 4 is 5.71 Å². The first-order valence-corrected chi connectivity index (χ1v) is 6.51. The first-order valence-electron chi connectivity index (χ1n) is 6.51. The average molecular weight is 245 g/mol. The quantitative estimate of drug-likeness (QED) is 0.600. The molecule has 18 heavy (non-hydrogen) atoms. The largest absolute Gasteiger partial charge is 0.411 e. The molecule has 0 saturated carbocycles. The molecule has 1 fully saturated rings. The van der Waals surface area contributed by atoms with Crippen molar-refractivity contribution in [3.05, 3.63) is 35.4 Å². The third-order valence-electron chi connectivity index (χ3n) is 4.07. The number of piperazine rings is 1. The highest BCUT2D eigenvalue weighted by Crippen LogP contribution is 2.34. The van der Waals surface area contributed by atoms with Gasteiger partial charge in [-0.15, -0.1) is 0 Å². The molecule has 1 N–H and O–H groups in total. The lowest BCUT2D eigenvalue weighted by Gasteiger charge is -2.36. The molecule has 1 atom stereocenters. The van der Waals surface area contributed by atoms with Crippen LogP contribution in [-0.4, -0.2) is 53.9 Å². The summed E-state index contributed by atoms with van der Waals surface area (Å²) in [6.45, 7) is 4.23. The van der Waals surface area contributed by atoms with Gasteiger partial charge in [-0.2, -0.15) is 0 Å². The summed E-state index contributed by atoms with van der Waals surface area (Å²) in [6.07, 6.45) is 0.781. The molecule has 1 aromatic carbocycles. The van der Waals surface area contributed by atoms with Crippen molar-refractivity contribution in [2.45, 2.75) is 12.5 Å². The molecule has 0 bridgehead atoms. The summed E-state index contributed by atoms with van der Waals surface area (Å²) in [5, 5.41) is 12.8. The Bertz CT molecular complexity index is 464. The maximum Gasteiger partial charge on any atom is 0.0831 e. The van der Waals surface area contributed by atoms with E-state index < -0.39 is 0 Å². The molecule has 1 heterocycles. The zero-order valence-electron chi connectivity index (χ0n) is 10.7. The molecule has 1 aliphatic heterocycles. The molecule has 1 aliphatic carbocycles. The molecule has 1 aromatic rings. The van der Waals surface area contributed by atoms with E-state index in [0.29, 0.717) is 0 Å². The first-order chi connectivity index (χ1) is 8.79. The van der Waals surface area contributed by atoms with Crippen LogP contribution in [0.15, 0.2) is 29.4 Å². The molecule has 96 valence electrons. The van der Waals surface area contributed by atoms with Crippen molar-refractivity contribution in [2.75, 3.05) is 33.2 Å². The minimum atomic E-state index is 0.180. The highest BCUT2D eigenvalue weighted by molar-refractivity contribution is 5.96. The number of hydrogen-bond acceptors (Lipinski definition) is 4. The lowest BCUT2D eigenvalue weighted by Crippen LogP contribution is -2.47. The van der Waals surface area contributed by atoms with Gasteiger partial charge in [0, 0.05) is 32.6 Å². The summed E-state index contributed by atoms with van der Waals surface area (Å²) < 4.78 is 0. The summed E-state index contributed by atoms with van der Waals surface area (Å²) in [4.78, 5) is 4.77. The van der Waals surface area contributed by atoms with Gasteiger partial charge in [-0.25, -0.2) is 0 Å². The summed E-state index contributed by atoms with van der Waals surface area (Å²) in [6, 6.07) is 8.61. The summed E-state index contributed by atoms with van der Waals surface area (Å²) in [5.74, 6) is 0. The van der Waals surface area contributed by atoms with Gasteiger partial charge in [-0.1, -0.05) is 29.4 Å². The van der Waals surface area contributed by atoms with E-state index >= 15 is 0 Å². The van der Waals surface area contributed by atoms with Crippen molar-refractivity contribution in [1.82, 2.24) is 9.80 Å². The number of oxime groups is 1. The van der Waals surface area contributed by atoms with Gasteiger partial charge in [-0.05, 0) is 18.2 Å². The third kappa shape index (κ3) is 1.91. The van der Waals surface area contributed by atoms with E-state index in [4.69, 9.17) is 0 Å². The molecule has 3 rings (SSSR count). The minimum Gasteiger partial charge on any atom is -0.411 e. The molecule has 0 spiro atoms. The van der Waals surface area contributed by atoms with Gasteiger partial charge in [0.2, 0.25) is 0 Å². The fourth-order valence-electron chi connectivity index (χ4n) is 3.01. The smallest absolute Gasteiger partial charge is 0.0831 e. The van der Waals surface area contributed by atoms with E-state index in [-0.39, 0.29) is 6.04 Å². The normalized spacial score (nSPS) is 27.6. The standard InChI is InChI=1S/C14H19N3O/c1-16-6-8-17(9-7-16)14-12-5-3-2-4-11(12)10-13(14)15-18/h2-5,14,18H,6-10H2,1H3/b15-13-/t14-/m0/s1. The Morgan fingerprint density at radius 2 is 1.89 bits per heavy atom. The molecule has 2 aliphatic rings. The Morgan fingerprint density at radius 1 is 1.17 bits per heavy atom. The first kappa shape index (κ1) is 11.7. The molecule has 0 unspecified atom stereocenters. The van der Waals surface area contributed by atoms with Crippen LogP contribution in [0.5, 0.6) is 0 Å². The van der Waals surface area contributed by atoms with Gasteiger partial charge in [0.05, 0.1) is 11.8 Å². The number of benzene rings is 1. The van der Waals surface area contributed by atoms with Crippen LogP contribution in [0.1, 0.15) is 17.2 Å². The van der Waals surface area contributed by atoms with E-state index in [2.05, 4.69) is 46.3 Å². The van der Waals surface area contributed by atoms with E-state index in [1.165, 1.54) is 11.1 Å². The van der Waals surface area contributed by atoms with E-state index in [9.17, 15) is 5.21 Å². The Balaban J connectivity index is 1.90. The topological polar surface area (TPSA) is 39.1 Å². The zero-order valence-corrected chi connectivity index (χ0v) is 10.7. The fraction of sp³-hybridized carbons (Fsp3) is 0.500. The molecule has 0 amide bonds. The predicted molar refractivity (Wildman–Crippen MR) is 71.2 cm³/mol. The second-order valence-electron chi connectivity index (χ2n) is 5.21. The molecule has 1 saturated heterocycles. The van der Waals surface area contributed by atoms with Crippen molar-refractivity contribution < 1.29 is 5.21 Å². The van der Waals surface area contributed by atoms with E-state index in [0.717, 1.165) is 38.3 Å². The van der Waals surface area contributed by atoms with Crippen LogP contribution in [0, 0.1) is 0 Å². The summed E-state index contributed by atoms with van der Waals surface area (Å²) in [5.41, 5.74) is 3.50. The number of nitrogens with zero attached hydrogens (tertiary/aromatic N) is 3. The summed E-state index contributed by atoms with van der Waals surface area (Å²) >= 11 is 0. The molecule has 0 aromatic heterocycles. The minimum absolute atomic E-state index is 0.180. The Labute approximate surface area is 108 Å². The highest BCUT2D eigenvalue weighted by Gasteiger charge is 2.34. The van der Waals surface area contributed by atoms with Crippen molar-refractivity contribution in [3.63, 3.8) is 0 Å². The number of fused-ring (bicyclic) bond motifs is 1. The van der Waals surface area contributed by atoms with Crippen LogP contribution in [0.2, 0.25) is 0 Å². The molecule has 4 heteroatoms. The lowest BCUT2D eigenvalue weighted by molar-refractivity contribution is 0.136. The van der Waals surface area contributed by atoms with Gasteiger partial charge >= 0.3 is 0 Å². The van der Waals surface area contributed by atoms with Crippen LogP contribution in [0.3, 0.4) is 0 Å². The van der Waals surface area contributed by atoms with Crippen LogP contribution in [-0.2, 0) is 6.42 Å². The SMILES string of the molecule is CN1CCN([C@@H]2/C(=N\O)Cc3ccccc32)CC1. The van der Waals surface area contributed by atoms with Crippen LogP contribution in [0.4, 0.5) is 0 Å². The van der Waals surface area contributed by atoms with Gasteiger partial charge in [0.1, 0.15) is 0 Å². The lowest BCUT2D eigenvalue weighted by atomic mass is 10.1. The number of rotatable bonds is 1. The maximum absolute atomic E-state index is 9.24. The second kappa shape index (κ2) is 4.71.